The first-order valence-electron chi connectivity index (χ1n) is 10.2. The van der Waals surface area contributed by atoms with Crippen LogP contribution >= 0.6 is 0 Å². The Morgan fingerprint density at radius 2 is 1.77 bits per heavy atom. The Hall–Kier alpha value is -2.20. The van der Waals surface area contributed by atoms with Gasteiger partial charge in [-0.15, -0.1) is 0 Å². The van der Waals surface area contributed by atoms with Gasteiger partial charge in [-0.05, 0) is 56.4 Å². The number of halogens is 1. The Bertz CT molecular complexity index is 854. The van der Waals surface area contributed by atoms with Crippen molar-refractivity contribution in [1.29, 1.82) is 0 Å². The highest BCUT2D eigenvalue weighted by atomic mass is 32.2. The van der Waals surface area contributed by atoms with Crippen LogP contribution in [-0.2, 0) is 19.6 Å². The molecule has 0 unspecified atom stereocenters. The van der Waals surface area contributed by atoms with Crippen molar-refractivity contribution in [2.45, 2.75) is 50.7 Å². The van der Waals surface area contributed by atoms with Gasteiger partial charge in [-0.3, -0.25) is 10.1 Å². The minimum absolute atomic E-state index is 0.0652. The maximum absolute atomic E-state index is 12.9. The van der Waals surface area contributed by atoms with Crippen molar-refractivity contribution in [2.24, 2.45) is 5.92 Å². The molecule has 1 saturated heterocycles. The fourth-order valence-corrected chi connectivity index (χ4v) is 4.86. The molecule has 2 atom stereocenters. The average molecular weight is 442 g/mol. The van der Waals surface area contributed by atoms with Gasteiger partial charge in [-0.2, -0.15) is 0 Å². The van der Waals surface area contributed by atoms with E-state index in [1.165, 1.54) is 34.8 Å². The first-order valence-corrected chi connectivity index (χ1v) is 12.0. The molecule has 8 nitrogen and oxygen atoms in total. The summed E-state index contributed by atoms with van der Waals surface area (Å²) in [5.74, 6) is -0.655. The van der Waals surface area contributed by atoms with Gasteiger partial charge in [0.15, 0.2) is 0 Å². The van der Waals surface area contributed by atoms with Crippen molar-refractivity contribution < 1.29 is 27.1 Å². The van der Waals surface area contributed by atoms with Crippen molar-refractivity contribution >= 4 is 27.7 Å². The Morgan fingerprint density at radius 1 is 1.10 bits per heavy atom. The molecule has 3 rings (SSSR count). The molecule has 1 aliphatic heterocycles. The van der Waals surface area contributed by atoms with Crippen LogP contribution in [0.5, 0.6) is 0 Å². The van der Waals surface area contributed by atoms with Crippen LogP contribution in [0.2, 0.25) is 0 Å². The zero-order valence-electron chi connectivity index (χ0n) is 17.0. The molecule has 2 amide bonds. The normalized spacial score (nSPS) is 23.5. The van der Waals surface area contributed by atoms with Crippen LogP contribution in [-0.4, -0.2) is 56.2 Å². The van der Waals surface area contributed by atoms with Gasteiger partial charge >= 0.3 is 6.09 Å². The second-order valence-electron chi connectivity index (χ2n) is 7.97. The van der Waals surface area contributed by atoms with Crippen LogP contribution in [0.25, 0.3) is 0 Å². The molecular formula is C20H28FN3O5S. The number of amides is 2. The van der Waals surface area contributed by atoms with E-state index < -0.39 is 16.1 Å². The third-order valence-corrected chi connectivity index (χ3v) is 6.93. The number of carbonyl (C=O) groups excluding carboxylic acids is 2. The van der Waals surface area contributed by atoms with Crippen molar-refractivity contribution in [3.63, 3.8) is 0 Å². The first kappa shape index (κ1) is 22.5. The van der Waals surface area contributed by atoms with E-state index in [4.69, 9.17) is 4.74 Å². The van der Waals surface area contributed by atoms with E-state index in [9.17, 15) is 22.4 Å². The molecule has 10 heteroatoms. The molecule has 1 aromatic carbocycles. The predicted octanol–water partition coefficient (Wildman–Crippen LogP) is 2.47. The summed E-state index contributed by atoms with van der Waals surface area (Å²) in [6, 6.07) is 5.33. The summed E-state index contributed by atoms with van der Waals surface area (Å²) < 4.78 is 43.0. The molecule has 2 fully saturated rings. The zero-order valence-corrected chi connectivity index (χ0v) is 17.8. The standard InChI is InChI=1S/C20H28FN3O5S/c1-30(27,28)24-11-9-14(10-12-24)19(25)22-17-3-2-4-18(13-17)29-20(26)23-16-7-5-15(21)6-8-16/h5-8,14,17-18H,2-4,9-13H2,1H3,(H,22,25)(H,23,26)/t17-,18+/m0/s1. The summed E-state index contributed by atoms with van der Waals surface area (Å²) in [4.78, 5) is 24.7. The summed E-state index contributed by atoms with van der Waals surface area (Å²) >= 11 is 0. The van der Waals surface area contributed by atoms with Gasteiger partial charge < -0.3 is 10.1 Å². The van der Waals surface area contributed by atoms with Crippen LogP contribution in [0.1, 0.15) is 38.5 Å². The van der Waals surface area contributed by atoms with Crippen molar-refractivity contribution in [2.75, 3.05) is 24.7 Å². The number of sulfonamides is 1. The van der Waals surface area contributed by atoms with E-state index in [-0.39, 0.29) is 29.8 Å². The highest BCUT2D eigenvalue weighted by molar-refractivity contribution is 7.88. The van der Waals surface area contributed by atoms with Crippen molar-refractivity contribution in [3.8, 4) is 0 Å². The zero-order chi connectivity index (χ0) is 21.7. The SMILES string of the molecule is CS(=O)(=O)N1CCC(C(=O)N[C@H]2CCC[C@@H](OC(=O)Nc3ccc(F)cc3)C2)CC1. The first-order chi connectivity index (χ1) is 14.2. The van der Waals surface area contributed by atoms with Crippen LogP contribution in [0.4, 0.5) is 14.9 Å². The number of carbonyl (C=O) groups is 2. The molecular weight excluding hydrogens is 413 g/mol. The molecule has 0 radical (unpaired) electrons. The Kier molecular flexibility index (Phi) is 7.30. The summed E-state index contributed by atoms with van der Waals surface area (Å²) in [6.45, 7) is 0.716. The van der Waals surface area contributed by atoms with E-state index in [2.05, 4.69) is 10.6 Å². The minimum Gasteiger partial charge on any atom is -0.446 e. The van der Waals surface area contributed by atoms with Crippen LogP contribution in [0.15, 0.2) is 24.3 Å². The number of ether oxygens (including phenoxy) is 1. The highest BCUT2D eigenvalue weighted by Crippen LogP contribution is 2.24. The fourth-order valence-electron chi connectivity index (χ4n) is 3.98. The molecule has 166 valence electrons. The highest BCUT2D eigenvalue weighted by Gasteiger charge is 2.31. The third-order valence-electron chi connectivity index (χ3n) is 5.63. The molecule has 0 spiro atoms. The van der Waals surface area contributed by atoms with Crippen LogP contribution in [0, 0.1) is 11.7 Å². The summed E-state index contributed by atoms with van der Waals surface area (Å²) in [7, 11) is -3.22. The van der Waals surface area contributed by atoms with Gasteiger partial charge in [0.1, 0.15) is 11.9 Å². The summed E-state index contributed by atoms with van der Waals surface area (Å²) in [6.07, 6.45) is 4.17. The van der Waals surface area contributed by atoms with E-state index in [1.54, 1.807) is 0 Å². The predicted molar refractivity (Wildman–Crippen MR) is 110 cm³/mol. The number of nitrogens with one attached hydrogen (secondary N) is 2. The molecule has 1 aliphatic carbocycles. The topological polar surface area (TPSA) is 105 Å². The lowest BCUT2D eigenvalue weighted by Gasteiger charge is -2.33. The molecule has 2 N–H and O–H groups in total. The second-order valence-corrected chi connectivity index (χ2v) is 9.95. The Balaban J connectivity index is 1.43. The Morgan fingerprint density at radius 3 is 2.40 bits per heavy atom. The second kappa shape index (κ2) is 9.74. The molecule has 1 saturated carbocycles. The number of nitrogens with zero attached hydrogens (tertiary/aromatic N) is 1. The van der Waals surface area contributed by atoms with E-state index >= 15 is 0 Å². The van der Waals surface area contributed by atoms with Gasteiger partial charge in [0.25, 0.3) is 0 Å². The average Bonchev–Trinajstić information content (AvgIpc) is 2.69. The molecule has 0 bridgehead atoms. The smallest absolute Gasteiger partial charge is 0.411 e. The van der Waals surface area contributed by atoms with Gasteiger partial charge in [0.2, 0.25) is 15.9 Å². The van der Waals surface area contributed by atoms with Gasteiger partial charge in [-0.25, -0.2) is 21.9 Å². The molecule has 30 heavy (non-hydrogen) atoms. The largest absolute Gasteiger partial charge is 0.446 e. The monoisotopic (exact) mass is 441 g/mol. The number of hydrogen-bond donors (Lipinski definition) is 2. The number of anilines is 1. The van der Waals surface area contributed by atoms with Gasteiger partial charge in [0, 0.05) is 37.2 Å². The van der Waals surface area contributed by atoms with Gasteiger partial charge in [0.05, 0.1) is 6.26 Å². The summed E-state index contributed by atoms with van der Waals surface area (Å²) in [5.41, 5.74) is 0.447. The number of benzene rings is 1. The maximum atomic E-state index is 12.9. The third kappa shape index (κ3) is 6.40. The summed E-state index contributed by atoms with van der Waals surface area (Å²) in [5, 5.41) is 5.61. The molecule has 0 aromatic heterocycles. The molecule has 1 aromatic rings. The number of piperidine rings is 1. The van der Waals surface area contributed by atoms with E-state index in [1.807, 2.05) is 0 Å². The maximum Gasteiger partial charge on any atom is 0.411 e. The lowest BCUT2D eigenvalue weighted by Crippen LogP contribution is -2.47. The van der Waals surface area contributed by atoms with Crippen molar-refractivity contribution in [1.82, 2.24) is 9.62 Å². The van der Waals surface area contributed by atoms with E-state index in [0.29, 0.717) is 38.0 Å². The van der Waals surface area contributed by atoms with E-state index in [0.717, 1.165) is 19.3 Å². The Labute approximate surface area is 176 Å². The van der Waals surface area contributed by atoms with Crippen molar-refractivity contribution in [3.05, 3.63) is 30.1 Å². The lowest BCUT2D eigenvalue weighted by atomic mass is 9.91. The molecule has 2 aliphatic rings. The quantitative estimate of drug-likeness (QED) is 0.730. The fraction of sp³-hybridized carbons (Fsp3) is 0.600. The number of hydrogen-bond acceptors (Lipinski definition) is 5. The van der Waals surface area contributed by atoms with Gasteiger partial charge in [-0.1, -0.05) is 0 Å². The number of rotatable bonds is 5. The lowest BCUT2D eigenvalue weighted by molar-refractivity contribution is -0.127. The minimum atomic E-state index is -3.22. The molecule has 1 heterocycles. The van der Waals surface area contributed by atoms with Crippen LogP contribution in [0.3, 0.4) is 0 Å². The van der Waals surface area contributed by atoms with Crippen LogP contribution < -0.4 is 10.6 Å².